The Bertz CT molecular complexity index is 860. The van der Waals surface area contributed by atoms with Gasteiger partial charge in [0.05, 0.1) is 6.54 Å². The van der Waals surface area contributed by atoms with Gasteiger partial charge in [0.2, 0.25) is 0 Å². The largest absolute Gasteiger partial charge is 0.492 e. The summed E-state index contributed by atoms with van der Waals surface area (Å²) in [5.74, 6) is -0.0421. The van der Waals surface area contributed by atoms with Crippen molar-refractivity contribution in [3.05, 3.63) is 47.8 Å². The summed E-state index contributed by atoms with van der Waals surface area (Å²) in [6.07, 6.45) is -4.61. The lowest BCUT2D eigenvalue weighted by Gasteiger charge is -2.18. The summed E-state index contributed by atoms with van der Waals surface area (Å²) in [6, 6.07) is 10.7. The molecule has 2 heterocycles. The molecule has 132 valence electrons. The highest BCUT2D eigenvalue weighted by Gasteiger charge is 2.37. The maximum Gasteiger partial charge on any atom is 0.453 e. The van der Waals surface area contributed by atoms with Gasteiger partial charge in [0.1, 0.15) is 18.2 Å². The highest BCUT2D eigenvalue weighted by atomic mass is 19.4. The standard InChI is InChI=1S/C16H16F3N5O/c1-11-3-5-12(6-4-11)25-10-9-23(2)14-8-7-13-20-21-15(16(17,18)19)24(13)22-14/h3-8H,9-10H2,1-2H3. The van der Waals surface area contributed by atoms with Crippen molar-refractivity contribution >= 4 is 11.5 Å². The SMILES string of the molecule is Cc1ccc(OCCN(C)c2ccc3nnc(C(F)(F)F)n3n2)cc1. The number of hydrogen-bond acceptors (Lipinski definition) is 5. The van der Waals surface area contributed by atoms with Crippen LogP contribution in [-0.2, 0) is 6.18 Å². The Balaban J connectivity index is 1.69. The molecule has 0 bridgehead atoms. The van der Waals surface area contributed by atoms with E-state index in [1.54, 1.807) is 18.0 Å². The number of hydrogen-bond donors (Lipinski definition) is 0. The highest BCUT2D eigenvalue weighted by molar-refractivity contribution is 5.45. The Morgan fingerprint density at radius 2 is 1.80 bits per heavy atom. The fourth-order valence-corrected chi connectivity index (χ4v) is 2.21. The number of nitrogens with zero attached hydrogens (tertiary/aromatic N) is 5. The van der Waals surface area contributed by atoms with Gasteiger partial charge in [-0.1, -0.05) is 17.7 Å². The molecule has 3 rings (SSSR count). The summed E-state index contributed by atoms with van der Waals surface area (Å²) >= 11 is 0. The van der Waals surface area contributed by atoms with Crippen LogP contribution in [0.4, 0.5) is 19.0 Å². The zero-order valence-electron chi connectivity index (χ0n) is 13.7. The molecule has 0 aliphatic heterocycles. The first kappa shape index (κ1) is 17.0. The summed E-state index contributed by atoms with van der Waals surface area (Å²) in [5.41, 5.74) is 1.18. The third kappa shape index (κ3) is 3.81. The number of alkyl halides is 3. The molecule has 3 aromatic rings. The number of halogens is 3. The van der Waals surface area contributed by atoms with Crippen LogP contribution in [0.3, 0.4) is 0 Å². The number of aromatic nitrogens is 4. The van der Waals surface area contributed by atoms with E-state index in [-0.39, 0.29) is 5.65 Å². The van der Waals surface area contributed by atoms with E-state index in [0.29, 0.717) is 23.5 Å². The minimum atomic E-state index is -4.61. The number of likely N-dealkylation sites (N-methyl/N-ethyl adjacent to an activating group) is 1. The smallest absolute Gasteiger partial charge is 0.453 e. The minimum Gasteiger partial charge on any atom is -0.492 e. The monoisotopic (exact) mass is 351 g/mol. The second kappa shape index (κ2) is 6.58. The molecule has 2 aromatic heterocycles. The van der Waals surface area contributed by atoms with Gasteiger partial charge in [0.15, 0.2) is 5.65 Å². The molecule has 0 spiro atoms. The predicted molar refractivity (Wildman–Crippen MR) is 85.7 cm³/mol. The first-order valence-electron chi connectivity index (χ1n) is 7.55. The quantitative estimate of drug-likeness (QED) is 0.707. The molecule has 25 heavy (non-hydrogen) atoms. The molecule has 0 aliphatic rings. The van der Waals surface area contributed by atoms with Gasteiger partial charge < -0.3 is 9.64 Å². The van der Waals surface area contributed by atoms with Gasteiger partial charge in [-0.25, -0.2) is 0 Å². The van der Waals surface area contributed by atoms with Crippen LogP contribution in [-0.4, -0.2) is 40.0 Å². The summed E-state index contributed by atoms with van der Waals surface area (Å²) in [7, 11) is 1.73. The number of aryl methyl sites for hydroxylation is 1. The summed E-state index contributed by atoms with van der Waals surface area (Å²) in [5, 5.41) is 10.6. The predicted octanol–water partition coefficient (Wildman–Crippen LogP) is 2.97. The number of fused-ring (bicyclic) bond motifs is 1. The van der Waals surface area contributed by atoms with E-state index < -0.39 is 12.0 Å². The molecule has 0 fully saturated rings. The Kier molecular flexibility index (Phi) is 4.47. The second-order valence-electron chi connectivity index (χ2n) is 5.57. The van der Waals surface area contributed by atoms with E-state index in [4.69, 9.17) is 4.74 Å². The molecule has 0 radical (unpaired) electrons. The van der Waals surface area contributed by atoms with Crippen LogP contribution in [0.25, 0.3) is 5.65 Å². The van der Waals surface area contributed by atoms with E-state index in [9.17, 15) is 13.2 Å². The van der Waals surface area contributed by atoms with Crippen LogP contribution >= 0.6 is 0 Å². The van der Waals surface area contributed by atoms with Gasteiger partial charge in [-0.05, 0) is 31.2 Å². The van der Waals surface area contributed by atoms with Crippen molar-refractivity contribution in [1.29, 1.82) is 0 Å². The van der Waals surface area contributed by atoms with Crippen LogP contribution < -0.4 is 9.64 Å². The molecule has 9 heteroatoms. The van der Waals surface area contributed by atoms with E-state index in [2.05, 4.69) is 15.3 Å². The second-order valence-corrected chi connectivity index (χ2v) is 5.57. The molecule has 0 saturated heterocycles. The first-order valence-corrected chi connectivity index (χ1v) is 7.55. The molecule has 0 unspecified atom stereocenters. The van der Waals surface area contributed by atoms with Crippen LogP contribution in [0.15, 0.2) is 36.4 Å². The Hall–Kier alpha value is -2.84. The van der Waals surface area contributed by atoms with Crippen LogP contribution in [0.2, 0.25) is 0 Å². The van der Waals surface area contributed by atoms with E-state index in [1.165, 1.54) is 6.07 Å². The van der Waals surface area contributed by atoms with Crippen molar-refractivity contribution in [2.75, 3.05) is 25.1 Å². The molecule has 0 N–H and O–H groups in total. The molecule has 0 aliphatic carbocycles. The third-order valence-corrected chi connectivity index (χ3v) is 3.61. The lowest BCUT2D eigenvalue weighted by molar-refractivity contribution is -0.146. The van der Waals surface area contributed by atoms with Gasteiger partial charge in [-0.15, -0.1) is 15.3 Å². The van der Waals surface area contributed by atoms with Gasteiger partial charge in [0.25, 0.3) is 5.82 Å². The van der Waals surface area contributed by atoms with Gasteiger partial charge >= 0.3 is 6.18 Å². The number of ether oxygens (including phenoxy) is 1. The van der Waals surface area contributed by atoms with Crippen molar-refractivity contribution in [3.8, 4) is 5.75 Å². The van der Waals surface area contributed by atoms with Crippen molar-refractivity contribution in [1.82, 2.24) is 19.8 Å². The molecule has 0 saturated carbocycles. The molecule has 0 atom stereocenters. The molecule has 6 nitrogen and oxygen atoms in total. The van der Waals surface area contributed by atoms with Crippen LogP contribution in [0, 0.1) is 6.92 Å². The van der Waals surface area contributed by atoms with Crippen molar-refractivity contribution in [2.45, 2.75) is 13.1 Å². The topological polar surface area (TPSA) is 55.5 Å². The van der Waals surface area contributed by atoms with Crippen LogP contribution in [0.1, 0.15) is 11.4 Å². The first-order chi connectivity index (χ1) is 11.8. The minimum absolute atomic E-state index is 0.0420. The average Bonchev–Trinajstić information content (AvgIpc) is 3.00. The van der Waals surface area contributed by atoms with Crippen molar-refractivity contribution < 1.29 is 17.9 Å². The zero-order valence-corrected chi connectivity index (χ0v) is 13.7. The van der Waals surface area contributed by atoms with E-state index in [1.807, 2.05) is 31.2 Å². The van der Waals surface area contributed by atoms with Crippen molar-refractivity contribution in [2.24, 2.45) is 0 Å². The van der Waals surface area contributed by atoms with E-state index >= 15 is 0 Å². The van der Waals surface area contributed by atoms with Crippen LogP contribution in [0.5, 0.6) is 5.75 Å². The van der Waals surface area contributed by atoms with Gasteiger partial charge in [0, 0.05) is 7.05 Å². The number of rotatable bonds is 5. The Labute approximate surface area is 141 Å². The lowest BCUT2D eigenvalue weighted by Crippen LogP contribution is -2.25. The molecular weight excluding hydrogens is 335 g/mol. The number of benzene rings is 1. The lowest BCUT2D eigenvalue weighted by atomic mass is 10.2. The zero-order chi connectivity index (χ0) is 18.0. The third-order valence-electron chi connectivity index (χ3n) is 3.61. The molecular formula is C16H16F3N5O. The summed E-state index contributed by atoms with van der Waals surface area (Å²) in [4.78, 5) is 1.70. The normalized spacial score (nSPS) is 11.7. The Morgan fingerprint density at radius 1 is 1.08 bits per heavy atom. The van der Waals surface area contributed by atoms with Gasteiger partial charge in [-0.3, -0.25) is 0 Å². The summed E-state index contributed by atoms with van der Waals surface area (Å²) in [6.45, 7) is 2.81. The van der Waals surface area contributed by atoms with Crippen molar-refractivity contribution in [3.63, 3.8) is 0 Å². The Morgan fingerprint density at radius 3 is 2.48 bits per heavy atom. The maximum absolute atomic E-state index is 12.9. The fourth-order valence-electron chi connectivity index (χ4n) is 2.21. The van der Waals surface area contributed by atoms with E-state index in [0.717, 1.165) is 11.3 Å². The number of anilines is 1. The molecule has 0 amide bonds. The average molecular weight is 351 g/mol. The fraction of sp³-hybridized carbons (Fsp3) is 0.312. The molecule has 1 aromatic carbocycles. The van der Waals surface area contributed by atoms with Gasteiger partial charge in [-0.2, -0.15) is 17.7 Å². The maximum atomic E-state index is 12.9. The highest BCUT2D eigenvalue weighted by Crippen LogP contribution is 2.27. The summed E-state index contributed by atoms with van der Waals surface area (Å²) < 4.78 is 45.0.